The van der Waals surface area contributed by atoms with Gasteiger partial charge in [-0.05, 0) is 44.9 Å². The third-order valence-corrected chi connectivity index (χ3v) is 6.19. The van der Waals surface area contributed by atoms with E-state index in [1.54, 1.807) is 16.7 Å². The Labute approximate surface area is 173 Å². The number of carbonyl (C=O) groups is 2. The van der Waals surface area contributed by atoms with Crippen molar-refractivity contribution in [3.63, 3.8) is 0 Å². The van der Waals surface area contributed by atoms with E-state index in [9.17, 15) is 9.59 Å². The summed E-state index contributed by atoms with van der Waals surface area (Å²) in [5.41, 5.74) is 0.441. The van der Waals surface area contributed by atoms with Crippen molar-refractivity contribution in [3.05, 3.63) is 35.9 Å². The van der Waals surface area contributed by atoms with Crippen molar-refractivity contribution in [1.29, 1.82) is 0 Å². The van der Waals surface area contributed by atoms with Crippen molar-refractivity contribution >= 4 is 23.8 Å². The fourth-order valence-electron chi connectivity index (χ4n) is 3.46. The van der Waals surface area contributed by atoms with Crippen LogP contribution in [0.15, 0.2) is 30.3 Å². The number of esters is 1. The van der Waals surface area contributed by atoms with Crippen LogP contribution in [0.4, 0.5) is 4.79 Å². The Bertz CT molecular complexity index is 644. The van der Waals surface area contributed by atoms with Gasteiger partial charge in [-0.3, -0.25) is 4.79 Å². The van der Waals surface area contributed by atoms with Crippen LogP contribution in [0.1, 0.15) is 53.0 Å². The second-order valence-corrected chi connectivity index (χ2v) is 9.64. The smallest absolute Gasteiger partial charge is 0.410 e. The van der Waals surface area contributed by atoms with Crippen LogP contribution in [0.2, 0.25) is 0 Å². The van der Waals surface area contributed by atoms with Gasteiger partial charge in [-0.2, -0.15) is 11.8 Å². The number of ether oxygens (including phenoxy) is 2. The Kier molecular flexibility index (Phi) is 8.23. The van der Waals surface area contributed by atoms with Gasteiger partial charge in [0.05, 0.1) is 5.92 Å². The van der Waals surface area contributed by atoms with Gasteiger partial charge < -0.3 is 14.4 Å². The van der Waals surface area contributed by atoms with E-state index in [0.29, 0.717) is 6.54 Å². The second-order valence-electron chi connectivity index (χ2n) is 8.19. The van der Waals surface area contributed by atoms with E-state index in [0.717, 1.165) is 24.2 Å². The summed E-state index contributed by atoms with van der Waals surface area (Å²) in [5.74, 6) is 0.354. The van der Waals surface area contributed by atoms with Gasteiger partial charge in [-0.25, -0.2) is 4.79 Å². The molecule has 0 radical (unpaired) electrons. The molecule has 5 nitrogen and oxygen atoms in total. The maximum Gasteiger partial charge on any atom is 0.410 e. The average molecular weight is 408 g/mol. The van der Waals surface area contributed by atoms with Crippen LogP contribution in [0.3, 0.4) is 0 Å². The van der Waals surface area contributed by atoms with Crippen molar-refractivity contribution in [2.24, 2.45) is 5.92 Å². The molecule has 1 saturated heterocycles. The van der Waals surface area contributed by atoms with E-state index in [4.69, 9.17) is 9.47 Å². The monoisotopic (exact) mass is 407 g/mol. The third kappa shape index (κ3) is 6.43. The van der Waals surface area contributed by atoms with E-state index in [1.807, 2.05) is 58.0 Å². The van der Waals surface area contributed by atoms with Crippen LogP contribution in [-0.4, -0.2) is 46.2 Å². The molecule has 1 aliphatic rings. The topological polar surface area (TPSA) is 55.8 Å². The number of thioether (sulfide) groups is 1. The van der Waals surface area contributed by atoms with Crippen LogP contribution in [0.25, 0.3) is 0 Å². The van der Waals surface area contributed by atoms with Crippen molar-refractivity contribution in [1.82, 2.24) is 4.90 Å². The van der Waals surface area contributed by atoms with Crippen LogP contribution in [0, 0.1) is 5.92 Å². The average Bonchev–Trinajstić information content (AvgIpc) is 3.12. The summed E-state index contributed by atoms with van der Waals surface area (Å²) in [6.45, 7) is 10.5. The molecule has 3 unspecified atom stereocenters. The zero-order chi connectivity index (χ0) is 20.7. The number of carbonyl (C=O) groups excluding carboxylic acids is 2. The van der Waals surface area contributed by atoms with E-state index in [-0.39, 0.29) is 35.9 Å². The zero-order valence-electron chi connectivity index (χ0n) is 17.6. The molecule has 2 rings (SSSR count). The van der Waals surface area contributed by atoms with Gasteiger partial charge in [-0.15, -0.1) is 0 Å². The minimum atomic E-state index is -0.530. The predicted molar refractivity (Wildman–Crippen MR) is 113 cm³/mol. The molecule has 3 atom stereocenters. The summed E-state index contributed by atoms with van der Waals surface area (Å²) >= 11 is 1.72. The molecule has 1 fully saturated rings. The Hall–Kier alpha value is -1.69. The Morgan fingerprint density at radius 1 is 1.25 bits per heavy atom. The Balaban J connectivity index is 2.05. The molecule has 1 aromatic rings. The first-order valence-corrected chi connectivity index (χ1v) is 11.1. The third-order valence-electron chi connectivity index (χ3n) is 4.75. The molecule has 0 aromatic heterocycles. The number of amides is 1. The molecule has 28 heavy (non-hydrogen) atoms. The van der Waals surface area contributed by atoms with Crippen LogP contribution in [-0.2, 0) is 20.9 Å². The molecule has 1 heterocycles. The first-order valence-electron chi connectivity index (χ1n) is 10.0. The van der Waals surface area contributed by atoms with Gasteiger partial charge in [-0.1, -0.05) is 44.2 Å². The van der Waals surface area contributed by atoms with Gasteiger partial charge in [0, 0.05) is 17.8 Å². The molecule has 1 aliphatic heterocycles. The van der Waals surface area contributed by atoms with E-state index < -0.39 is 5.60 Å². The lowest BCUT2D eigenvalue weighted by Crippen LogP contribution is -2.47. The first-order chi connectivity index (χ1) is 13.2. The summed E-state index contributed by atoms with van der Waals surface area (Å²) in [5, 5.41) is -0.0108. The van der Waals surface area contributed by atoms with Crippen LogP contribution < -0.4 is 0 Å². The fourth-order valence-corrected chi connectivity index (χ4v) is 4.75. The van der Waals surface area contributed by atoms with E-state index >= 15 is 0 Å². The lowest BCUT2D eigenvalue weighted by Gasteiger charge is -2.35. The van der Waals surface area contributed by atoms with Crippen molar-refractivity contribution < 1.29 is 19.1 Å². The number of likely N-dealkylation sites (tertiary alicyclic amines) is 1. The molecule has 156 valence electrons. The van der Waals surface area contributed by atoms with Crippen molar-refractivity contribution in [2.45, 2.75) is 71.0 Å². The SMILES string of the molecule is CCSC(C(C)C(=O)OCc1ccccc1)C1CCCN1C(=O)OC(C)(C)C. The summed E-state index contributed by atoms with van der Waals surface area (Å²) < 4.78 is 11.2. The minimum absolute atomic E-state index is 0.0108. The highest BCUT2D eigenvalue weighted by molar-refractivity contribution is 7.99. The minimum Gasteiger partial charge on any atom is -0.461 e. The molecule has 1 amide bonds. The Morgan fingerprint density at radius 2 is 1.93 bits per heavy atom. The number of rotatable bonds is 7. The van der Waals surface area contributed by atoms with Gasteiger partial charge in [0.15, 0.2) is 0 Å². The lowest BCUT2D eigenvalue weighted by molar-refractivity contribution is -0.149. The van der Waals surface area contributed by atoms with E-state index in [1.165, 1.54) is 0 Å². The highest BCUT2D eigenvalue weighted by atomic mass is 32.2. The molecule has 0 spiro atoms. The fraction of sp³-hybridized carbons (Fsp3) is 0.636. The summed E-state index contributed by atoms with van der Waals surface area (Å²) in [4.78, 5) is 27.2. The van der Waals surface area contributed by atoms with Gasteiger partial charge in [0.25, 0.3) is 0 Å². The summed E-state index contributed by atoms with van der Waals surface area (Å²) in [6, 6.07) is 9.67. The summed E-state index contributed by atoms with van der Waals surface area (Å²) in [7, 11) is 0. The second kappa shape index (κ2) is 10.2. The van der Waals surface area contributed by atoms with Crippen molar-refractivity contribution in [2.75, 3.05) is 12.3 Å². The standard InChI is InChI=1S/C22H33NO4S/c1-6-28-19(16(2)20(24)26-15-17-11-8-7-9-12-17)18-13-10-14-23(18)21(25)27-22(3,4)5/h7-9,11-12,16,18-19H,6,10,13-15H2,1-5H3. The highest BCUT2D eigenvalue weighted by Gasteiger charge is 2.41. The van der Waals surface area contributed by atoms with Crippen LogP contribution >= 0.6 is 11.8 Å². The molecule has 0 aliphatic carbocycles. The molecule has 0 bridgehead atoms. The number of hydrogen-bond donors (Lipinski definition) is 0. The van der Waals surface area contributed by atoms with Crippen LogP contribution in [0.5, 0.6) is 0 Å². The lowest BCUT2D eigenvalue weighted by atomic mass is 9.99. The number of hydrogen-bond acceptors (Lipinski definition) is 5. The number of benzene rings is 1. The zero-order valence-corrected chi connectivity index (χ0v) is 18.5. The maximum atomic E-state index is 12.7. The first kappa shape index (κ1) is 22.6. The normalized spacial score (nSPS) is 19.2. The predicted octanol–water partition coefficient (Wildman–Crippen LogP) is 4.89. The molecular formula is C22H33NO4S. The molecule has 0 saturated carbocycles. The van der Waals surface area contributed by atoms with Gasteiger partial charge in [0.1, 0.15) is 12.2 Å². The molecule has 6 heteroatoms. The highest BCUT2D eigenvalue weighted by Crippen LogP contribution is 2.34. The maximum absolute atomic E-state index is 12.7. The molecule has 0 N–H and O–H groups in total. The largest absolute Gasteiger partial charge is 0.461 e. The Morgan fingerprint density at radius 3 is 2.54 bits per heavy atom. The van der Waals surface area contributed by atoms with Gasteiger partial charge >= 0.3 is 12.1 Å². The molecule has 1 aromatic carbocycles. The quantitative estimate of drug-likeness (QED) is 0.603. The van der Waals surface area contributed by atoms with E-state index in [2.05, 4.69) is 6.92 Å². The molecular weight excluding hydrogens is 374 g/mol. The van der Waals surface area contributed by atoms with Gasteiger partial charge in [0.2, 0.25) is 0 Å². The van der Waals surface area contributed by atoms with Crippen molar-refractivity contribution in [3.8, 4) is 0 Å². The number of nitrogens with zero attached hydrogens (tertiary/aromatic N) is 1. The summed E-state index contributed by atoms with van der Waals surface area (Å²) in [6.07, 6.45) is 1.52.